The number of carbonyl (C=O) groups is 1. The Bertz CT molecular complexity index is 777. The largest absolute Gasteiger partial charge is 0.456 e. The quantitative estimate of drug-likeness (QED) is 0.347. The maximum atomic E-state index is 14.4. The van der Waals surface area contributed by atoms with E-state index in [1.807, 2.05) is 0 Å². The molecule has 1 aromatic heterocycles. The minimum absolute atomic E-state index is 0.118. The van der Waals surface area contributed by atoms with Crippen molar-refractivity contribution < 1.29 is 23.0 Å². The van der Waals surface area contributed by atoms with Gasteiger partial charge in [0, 0.05) is 30.3 Å². The van der Waals surface area contributed by atoms with Gasteiger partial charge in [-0.2, -0.15) is 0 Å². The van der Waals surface area contributed by atoms with E-state index in [4.69, 9.17) is 9.47 Å². The monoisotopic (exact) mass is 365 g/mol. The molecule has 142 valence electrons. The summed E-state index contributed by atoms with van der Waals surface area (Å²) >= 11 is 0. The molecule has 2 aromatic rings. The third kappa shape index (κ3) is 5.13. The van der Waals surface area contributed by atoms with Gasteiger partial charge in [0.2, 0.25) is 6.79 Å². The van der Waals surface area contributed by atoms with Crippen molar-refractivity contribution in [2.75, 3.05) is 6.79 Å². The first-order valence-corrected chi connectivity index (χ1v) is 8.98. The minimum atomic E-state index is -0.738. The molecule has 0 atom stereocenters. The summed E-state index contributed by atoms with van der Waals surface area (Å²) < 4.78 is 38.4. The normalized spacial score (nSPS) is 11.0. The summed E-state index contributed by atoms with van der Waals surface area (Å²) in [6.07, 6.45) is 6.12. The van der Waals surface area contributed by atoms with Crippen LogP contribution >= 0.6 is 0 Å². The molecule has 0 radical (unpaired) electrons. The molecular weight excluding hydrogens is 340 g/mol. The van der Waals surface area contributed by atoms with E-state index >= 15 is 0 Å². The molecule has 0 fully saturated rings. The highest BCUT2D eigenvalue weighted by molar-refractivity contribution is 5.87. The number of nitrogens with zero attached hydrogens (tertiary/aromatic N) is 1. The Kier molecular flexibility index (Phi) is 7.30. The lowest BCUT2D eigenvalue weighted by molar-refractivity contribution is -0.147. The number of aryl methyl sites for hydroxylation is 1. The Labute approximate surface area is 152 Å². The zero-order valence-corrected chi connectivity index (χ0v) is 15.5. The number of unbranched alkanes of at least 4 members (excludes halogenated alkanes) is 4. The first-order valence-electron chi connectivity index (χ1n) is 8.98. The average molecular weight is 365 g/mol. The molecule has 26 heavy (non-hydrogen) atoms. The third-order valence-corrected chi connectivity index (χ3v) is 4.26. The van der Waals surface area contributed by atoms with Gasteiger partial charge in [0.15, 0.2) is 0 Å². The van der Waals surface area contributed by atoms with Gasteiger partial charge < -0.3 is 9.47 Å². The molecule has 1 aromatic carbocycles. The highest BCUT2D eigenvalue weighted by atomic mass is 19.1. The second-order valence-electron chi connectivity index (χ2n) is 6.35. The molecule has 0 spiro atoms. The minimum Gasteiger partial charge on any atom is -0.456 e. The van der Waals surface area contributed by atoms with Crippen LogP contribution in [0.25, 0.3) is 10.9 Å². The summed E-state index contributed by atoms with van der Waals surface area (Å²) in [6.45, 7) is 4.89. The van der Waals surface area contributed by atoms with Crippen LogP contribution in [0.1, 0.15) is 57.2 Å². The van der Waals surface area contributed by atoms with E-state index in [2.05, 4.69) is 11.9 Å². The lowest BCUT2D eigenvalue weighted by Gasteiger charge is -2.17. The third-order valence-electron chi connectivity index (χ3n) is 4.26. The van der Waals surface area contributed by atoms with E-state index in [-0.39, 0.29) is 23.4 Å². The zero-order chi connectivity index (χ0) is 19.1. The van der Waals surface area contributed by atoms with Gasteiger partial charge in [-0.25, -0.2) is 8.78 Å². The van der Waals surface area contributed by atoms with Crippen molar-refractivity contribution in [2.24, 2.45) is 0 Å². The molecule has 0 aliphatic carbocycles. The number of hydrogen-bond donors (Lipinski definition) is 0. The van der Waals surface area contributed by atoms with E-state index in [0.717, 1.165) is 37.3 Å². The zero-order valence-electron chi connectivity index (χ0n) is 15.5. The number of ether oxygens (including phenoxy) is 2. The van der Waals surface area contributed by atoms with Gasteiger partial charge in [0.1, 0.15) is 17.4 Å². The first-order chi connectivity index (χ1) is 12.4. The van der Waals surface area contributed by atoms with E-state index < -0.39 is 17.6 Å². The summed E-state index contributed by atoms with van der Waals surface area (Å²) in [6, 6.07) is 1.98. The molecule has 0 unspecified atom stereocenters. The summed E-state index contributed by atoms with van der Waals surface area (Å²) in [5, 5.41) is 0.118. The molecule has 1 heterocycles. The smallest absolute Gasteiger partial charge is 0.305 e. The SMILES string of the molecule is CCCCCCCc1c(C)nc2cc(F)cc(F)c2c1OCOC(C)=O. The Hall–Kier alpha value is -2.24. The summed E-state index contributed by atoms with van der Waals surface area (Å²) in [7, 11) is 0. The van der Waals surface area contributed by atoms with E-state index in [1.165, 1.54) is 19.4 Å². The summed E-state index contributed by atoms with van der Waals surface area (Å²) in [5.74, 6) is -1.65. The highest BCUT2D eigenvalue weighted by Crippen LogP contribution is 2.34. The van der Waals surface area contributed by atoms with Crippen LogP contribution in [-0.4, -0.2) is 17.7 Å². The van der Waals surface area contributed by atoms with Crippen LogP contribution in [-0.2, 0) is 16.0 Å². The van der Waals surface area contributed by atoms with Crippen molar-refractivity contribution in [1.29, 1.82) is 0 Å². The number of fused-ring (bicyclic) bond motifs is 1. The Balaban J connectivity index is 2.37. The van der Waals surface area contributed by atoms with Crippen molar-refractivity contribution >= 4 is 16.9 Å². The van der Waals surface area contributed by atoms with Crippen LogP contribution in [0.4, 0.5) is 8.78 Å². The molecule has 0 aliphatic heterocycles. The van der Waals surface area contributed by atoms with Gasteiger partial charge >= 0.3 is 5.97 Å². The molecule has 0 N–H and O–H groups in total. The number of rotatable bonds is 9. The van der Waals surface area contributed by atoms with Crippen molar-refractivity contribution in [2.45, 2.75) is 59.3 Å². The number of pyridine rings is 1. The first kappa shape index (κ1) is 20.1. The van der Waals surface area contributed by atoms with E-state index in [0.29, 0.717) is 12.1 Å². The molecule has 0 saturated carbocycles. The molecule has 2 rings (SSSR count). The molecular formula is C20H25F2NO3. The van der Waals surface area contributed by atoms with Crippen LogP contribution in [0.2, 0.25) is 0 Å². The van der Waals surface area contributed by atoms with Crippen LogP contribution in [0.3, 0.4) is 0 Å². The van der Waals surface area contributed by atoms with Gasteiger partial charge in [0.25, 0.3) is 0 Å². The lowest BCUT2D eigenvalue weighted by Crippen LogP contribution is -2.10. The van der Waals surface area contributed by atoms with E-state index in [1.54, 1.807) is 6.92 Å². The second kappa shape index (κ2) is 9.46. The number of carbonyl (C=O) groups excluding carboxylic acids is 1. The van der Waals surface area contributed by atoms with Crippen molar-refractivity contribution in [3.8, 4) is 5.75 Å². The lowest BCUT2D eigenvalue weighted by atomic mass is 10.0. The van der Waals surface area contributed by atoms with Gasteiger partial charge in [0.05, 0.1) is 10.9 Å². The predicted octanol–water partition coefficient (Wildman–Crippen LogP) is 5.23. The molecule has 0 saturated heterocycles. The maximum Gasteiger partial charge on any atom is 0.305 e. The fourth-order valence-electron chi connectivity index (χ4n) is 2.97. The molecule has 0 amide bonds. The topological polar surface area (TPSA) is 48.4 Å². The molecule has 6 heteroatoms. The van der Waals surface area contributed by atoms with Gasteiger partial charge in [-0.3, -0.25) is 9.78 Å². The van der Waals surface area contributed by atoms with Crippen LogP contribution in [0.5, 0.6) is 5.75 Å². The van der Waals surface area contributed by atoms with Gasteiger partial charge in [-0.05, 0) is 19.8 Å². The van der Waals surface area contributed by atoms with Crippen molar-refractivity contribution in [3.63, 3.8) is 0 Å². The predicted molar refractivity (Wildman–Crippen MR) is 96.1 cm³/mol. The standard InChI is InChI=1S/C20H25F2NO3/c1-4-5-6-7-8-9-16-13(2)23-18-11-15(21)10-17(22)19(18)20(16)26-12-25-14(3)24/h10-11H,4-9,12H2,1-3H3. The molecule has 4 nitrogen and oxygen atoms in total. The maximum absolute atomic E-state index is 14.4. The fraction of sp³-hybridized carbons (Fsp3) is 0.500. The van der Waals surface area contributed by atoms with Gasteiger partial charge in [-0.1, -0.05) is 32.6 Å². The number of hydrogen-bond acceptors (Lipinski definition) is 4. The second-order valence-corrected chi connectivity index (χ2v) is 6.35. The van der Waals surface area contributed by atoms with Crippen LogP contribution < -0.4 is 4.74 Å². The molecule has 0 bridgehead atoms. The number of halogens is 2. The Morgan fingerprint density at radius 1 is 1.15 bits per heavy atom. The Morgan fingerprint density at radius 2 is 1.88 bits per heavy atom. The number of esters is 1. The molecule has 0 aliphatic rings. The number of benzene rings is 1. The van der Waals surface area contributed by atoms with E-state index in [9.17, 15) is 13.6 Å². The van der Waals surface area contributed by atoms with Crippen molar-refractivity contribution in [1.82, 2.24) is 4.98 Å². The number of aromatic nitrogens is 1. The fourth-order valence-corrected chi connectivity index (χ4v) is 2.97. The summed E-state index contributed by atoms with van der Waals surface area (Å²) in [4.78, 5) is 15.3. The highest BCUT2D eigenvalue weighted by Gasteiger charge is 2.18. The summed E-state index contributed by atoms with van der Waals surface area (Å²) in [5.41, 5.74) is 1.62. The van der Waals surface area contributed by atoms with Crippen molar-refractivity contribution in [3.05, 3.63) is 35.0 Å². The Morgan fingerprint density at radius 3 is 2.58 bits per heavy atom. The average Bonchev–Trinajstić information content (AvgIpc) is 2.55. The van der Waals surface area contributed by atoms with Gasteiger partial charge in [-0.15, -0.1) is 0 Å². The van der Waals surface area contributed by atoms with Crippen LogP contribution in [0, 0.1) is 18.6 Å². The van der Waals surface area contributed by atoms with Crippen LogP contribution in [0.15, 0.2) is 12.1 Å².